The van der Waals surface area contributed by atoms with Gasteiger partial charge in [-0.05, 0) is 17.7 Å². The maximum atomic E-state index is 11.7. The minimum atomic E-state index is -0.806. The molecule has 0 unspecified atom stereocenters. The van der Waals surface area contributed by atoms with Crippen molar-refractivity contribution in [3.8, 4) is 5.75 Å². The molecule has 0 amide bonds. The van der Waals surface area contributed by atoms with Gasteiger partial charge in [0.25, 0.3) is 0 Å². The van der Waals surface area contributed by atoms with Gasteiger partial charge in [0.1, 0.15) is 18.1 Å². The molecule has 3 aromatic rings. The molecule has 1 aromatic carbocycles. The van der Waals surface area contributed by atoms with Crippen molar-refractivity contribution in [2.75, 3.05) is 21.3 Å². The van der Waals surface area contributed by atoms with Crippen molar-refractivity contribution >= 4 is 23.3 Å². The van der Waals surface area contributed by atoms with E-state index in [0.717, 1.165) is 32.2 Å². The first kappa shape index (κ1) is 24.4. The molecule has 1 N–H and O–H groups in total. The number of ether oxygens (including phenoxy) is 3. The molecule has 33 heavy (non-hydrogen) atoms. The van der Waals surface area contributed by atoms with Crippen molar-refractivity contribution in [3.63, 3.8) is 0 Å². The number of esters is 2. The molecule has 2 heterocycles. The Morgan fingerprint density at radius 2 is 1.58 bits per heavy atom. The molecule has 0 aliphatic carbocycles. The third-order valence-electron chi connectivity index (χ3n) is 4.09. The van der Waals surface area contributed by atoms with E-state index in [2.05, 4.69) is 24.8 Å². The number of benzene rings is 1. The highest BCUT2D eigenvalue weighted by Gasteiger charge is 2.27. The highest BCUT2D eigenvalue weighted by Crippen LogP contribution is 2.20. The molecular formula is C18H18N6O9. The summed E-state index contributed by atoms with van der Waals surface area (Å²) in [5, 5.41) is 30.6. The molecule has 0 spiro atoms. The lowest BCUT2D eigenvalue weighted by molar-refractivity contribution is -0.385. The smallest absolute Gasteiger partial charge is 0.363 e. The first-order valence-electron chi connectivity index (χ1n) is 8.90. The topological polar surface area (TPSA) is 195 Å². The molecule has 0 saturated heterocycles. The number of hydrogen-bond donors (Lipinski definition) is 1. The van der Waals surface area contributed by atoms with Crippen LogP contribution in [0.15, 0.2) is 36.7 Å². The van der Waals surface area contributed by atoms with Gasteiger partial charge in [0.05, 0.1) is 37.7 Å². The van der Waals surface area contributed by atoms with Crippen LogP contribution in [0, 0.1) is 20.2 Å². The van der Waals surface area contributed by atoms with Crippen LogP contribution in [0.4, 0.5) is 11.4 Å². The number of aromatic nitrogens is 4. The minimum absolute atomic E-state index is 0.182. The van der Waals surface area contributed by atoms with Crippen LogP contribution < -0.4 is 4.74 Å². The second kappa shape index (κ2) is 11.0. The quantitative estimate of drug-likeness (QED) is 0.305. The molecule has 3 rings (SSSR count). The second-order valence-electron chi connectivity index (χ2n) is 6.01. The van der Waals surface area contributed by atoms with E-state index in [4.69, 9.17) is 4.74 Å². The Labute approximate surface area is 185 Å². The first-order chi connectivity index (χ1) is 15.7. The zero-order valence-corrected chi connectivity index (χ0v) is 17.6. The molecule has 174 valence electrons. The lowest BCUT2D eigenvalue weighted by Gasteiger charge is -2.06. The molecule has 0 aliphatic rings. The summed E-state index contributed by atoms with van der Waals surface area (Å²) >= 11 is 0. The number of rotatable bonds is 7. The largest absolute Gasteiger partial charge is 0.497 e. The molecule has 0 saturated carbocycles. The van der Waals surface area contributed by atoms with E-state index < -0.39 is 21.8 Å². The van der Waals surface area contributed by atoms with E-state index in [0.29, 0.717) is 5.75 Å². The van der Waals surface area contributed by atoms with Gasteiger partial charge in [0.2, 0.25) is 11.4 Å². The fourth-order valence-corrected chi connectivity index (χ4v) is 2.51. The van der Waals surface area contributed by atoms with Gasteiger partial charge >= 0.3 is 23.3 Å². The monoisotopic (exact) mass is 462 g/mol. The lowest BCUT2D eigenvalue weighted by atomic mass is 10.2. The number of hydrogen-bond acceptors (Lipinski definition) is 11. The number of aromatic amines is 1. The number of nitrogens with one attached hydrogen (secondary N) is 1. The van der Waals surface area contributed by atoms with Crippen LogP contribution in [0.25, 0.3) is 0 Å². The zero-order valence-electron chi connectivity index (χ0n) is 17.6. The summed E-state index contributed by atoms with van der Waals surface area (Å²) in [5.41, 5.74) is -0.378. The van der Waals surface area contributed by atoms with Gasteiger partial charge in [-0.2, -0.15) is 10.2 Å². The Morgan fingerprint density at radius 3 is 2.09 bits per heavy atom. The van der Waals surface area contributed by atoms with Crippen LogP contribution in [-0.4, -0.2) is 63.1 Å². The Bertz CT molecular complexity index is 1150. The molecule has 0 fully saturated rings. The Balaban J connectivity index is 0.000000273. The fraction of sp³-hybridized carbons (Fsp3) is 0.222. The summed E-state index contributed by atoms with van der Waals surface area (Å²) in [5.74, 6) is -0.912. The normalized spacial score (nSPS) is 9.91. The van der Waals surface area contributed by atoms with Crippen LogP contribution >= 0.6 is 0 Å². The summed E-state index contributed by atoms with van der Waals surface area (Å²) in [7, 11) is 3.85. The van der Waals surface area contributed by atoms with Crippen molar-refractivity contribution in [1.82, 2.24) is 20.0 Å². The Kier molecular flexibility index (Phi) is 8.14. The molecule has 15 nitrogen and oxygen atoms in total. The van der Waals surface area contributed by atoms with Crippen LogP contribution in [-0.2, 0) is 16.0 Å². The van der Waals surface area contributed by atoms with Crippen LogP contribution in [0.3, 0.4) is 0 Å². The van der Waals surface area contributed by atoms with Gasteiger partial charge in [-0.3, -0.25) is 25.3 Å². The number of nitro groups is 2. The molecule has 0 aliphatic heterocycles. The molecule has 0 bridgehead atoms. The van der Waals surface area contributed by atoms with Crippen molar-refractivity contribution in [3.05, 3.63) is 73.8 Å². The van der Waals surface area contributed by atoms with Gasteiger partial charge < -0.3 is 14.2 Å². The zero-order chi connectivity index (χ0) is 24.5. The van der Waals surface area contributed by atoms with Crippen molar-refractivity contribution in [2.24, 2.45) is 0 Å². The fourth-order valence-electron chi connectivity index (χ4n) is 2.51. The average molecular weight is 462 g/mol. The van der Waals surface area contributed by atoms with Crippen molar-refractivity contribution in [2.45, 2.75) is 6.54 Å². The molecule has 2 aromatic heterocycles. The van der Waals surface area contributed by atoms with E-state index in [1.165, 1.54) is 4.68 Å². The van der Waals surface area contributed by atoms with Gasteiger partial charge in [0, 0.05) is 0 Å². The lowest BCUT2D eigenvalue weighted by Crippen LogP contribution is -2.14. The van der Waals surface area contributed by atoms with E-state index in [1.54, 1.807) is 31.4 Å². The maximum absolute atomic E-state index is 11.7. The predicted octanol–water partition coefficient (Wildman–Crippen LogP) is 1.74. The number of methoxy groups -OCH3 is 3. The van der Waals surface area contributed by atoms with Gasteiger partial charge in [0.15, 0.2) is 0 Å². The van der Waals surface area contributed by atoms with Gasteiger partial charge in [-0.25, -0.2) is 14.3 Å². The average Bonchev–Trinajstić information content (AvgIpc) is 3.47. The SMILES string of the molecule is COC(=O)c1[nH]ncc1[N+](=O)[O-].COC(=O)c1c([N+](=O)[O-])cnn1Cc1ccc(OC)cc1. The van der Waals surface area contributed by atoms with Crippen LogP contribution in [0.2, 0.25) is 0 Å². The standard InChI is InChI=1S/C13H13N3O5.C5H5N3O4/c1-20-10-5-3-9(4-6-10)8-15-12(13(17)21-2)11(7-14-15)16(18)19;1-12-5(9)4-3(8(10)11)2-6-7-4/h3-7H,8H2,1-2H3;2H,1H3,(H,6,7). The highest BCUT2D eigenvalue weighted by molar-refractivity contribution is 5.92. The molecular weight excluding hydrogens is 444 g/mol. The van der Waals surface area contributed by atoms with E-state index in [1.807, 2.05) is 0 Å². The maximum Gasteiger partial charge on any atom is 0.363 e. The number of carbonyl (C=O) groups excluding carboxylic acids is 2. The van der Waals surface area contributed by atoms with Crippen molar-refractivity contribution in [1.29, 1.82) is 0 Å². The summed E-state index contributed by atoms with van der Waals surface area (Å²) in [6, 6.07) is 7.08. The third-order valence-corrected chi connectivity index (χ3v) is 4.09. The third kappa shape index (κ3) is 5.87. The van der Waals surface area contributed by atoms with Crippen LogP contribution in [0.1, 0.15) is 26.5 Å². The Morgan fingerprint density at radius 1 is 0.970 bits per heavy atom. The predicted molar refractivity (Wildman–Crippen MR) is 109 cm³/mol. The molecule has 15 heteroatoms. The van der Waals surface area contributed by atoms with E-state index in [-0.39, 0.29) is 29.3 Å². The summed E-state index contributed by atoms with van der Waals surface area (Å²) < 4.78 is 15.1. The summed E-state index contributed by atoms with van der Waals surface area (Å²) in [6.07, 6.45) is 1.99. The van der Waals surface area contributed by atoms with Gasteiger partial charge in [-0.15, -0.1) is 0 Å². The second-order valence-corrected chi connectivity index (χ2v) is 6.01. The first-order valence-corrected chi connectivity index (χ1v) is 8.90. The van der Waals surface area contributed by atoms with E-state index >= 15 is 0 Å². The molecule has 0 radical (unpaired) electrons. The number of carbonyl (C=O) groups is 2. The summed E-state index contributed by atoms with van der Waals surface area (Å²) in [6.45, 7) is 0.211. The minimum Gasteiger partial charge on any atom is -0.497 e. The number of H-pyrrole nitrogens is 1. The summed E-state index contributed by atoms with van der Waals surface area (Å²) in [4.78, 5) is 42.3. The highest BCUT2D eigenvalue weighted by atomic mass is 16.6. The van der Waals surface area contributed by atoms with E-state index in [9.17, 15) is 29.8 Å². The van der Waals surface area contributed by atoms with Crippen molar-refractivity contribution < 1.29 is 33.6 Å². The number of nitrogens with zero attached hydrogens (tertiary/aromatic N) is 5. The molecule has 0 atom stereocenters. The Hall–Kier alpha value is -4.82. The van der Waals surface area contributed by atoms with Crippen LogP contribution in [0.5, 0.6) is 5.75 Å². The van der Waals surface area contributed by atoms with Gasteiger partial charge in [-0.1, -0.05) is 12.1 Å².